The molecule has 2 aliphatic rings. The lowest BCUT2D eigenvalue weighted by Gasteiger charge is -2.36. The highest BCUT2D eigenvalue weighted by atomic mass is 35.5. The van der Waals surface area contributed by atoms with Crippen LogP contribution in [0.1, 0.15) is 37.7 Å². The second-order valence-electron chi connectivity index (χ2n) is 5.91. The summed E-state index contributed by atoms with van der Waals surface area (Å²) in [6.45, 7) is 0.602. The quantitative estimate of drug-likeness (QED) is 0.774. The van der Waals surface area contributed by atoms with Crippen LogP contribution in [0.3, 0.4) is 0 Å². The molecular weight excluding hydrogens is 329 g/mol. The number of piperidine rings is 1. The van der Waals surface area contributed by atoms with Crippen LogP contribution in [0.4, 0.5) is 0 Å². The molecule has 2 fully saturated rings. The number of hydrogen-bond acceptors (Lipinski definition) is 2. The number of nitrogens with zero attached hydrogens (tertiary/aromatic N) is 1. The minimum atomic E-state index is -3.54. The zero-order valence-corrected chi connectivity index (χ0v) is 14.1. The number of rotatable bonds is 3. The molecule has 2 unspecified atom stereocenters. The minimum absolute atomic E-state index is 0.152. The molecule has 3 rings (SSSR count). The van der Waals surface area contributed by atoms with Gasteiger partial charge in [0.15, 0.2) is 0 Å². The number of sulfonamides is 1. The van der Waals surface area contributed by atoms with Gasteiger partial charge in [-0.3, -0.25) is 0 Å². The summed E-state index contributed by atoms with van der Waals surface area (Å²) in [7, 11) is -3.54. The molecule has 1 saturated carbocycles. The summed E-state index contributed by atoms with van der Waals surface area (Å²) >= 11 is 12.0. The summed E-state index contributed by atoms with van der Waals surface area (Å²) in [6.07, 6.45) is 5.32. The Kier molecular flexibility index (Phi) is 4.51. The van der Waals surface area contributed by atoms with Gasteiger partial charge < -0.3 is 0 Å². The molecule has 0 amide bonds. The van der Waals surface area contributed by atoms with E-state index in [9.17, 15) is 8.42 Å². The molecule has 0 radical (unpaired) electrons. The van der Waals surface area contributed by atoms with E-state index in [0.717, 1.165) is 37.7 Å². The van der Waals surface area contributed by atoms with E-state index in [4.69, 9.17) is 23.2 Å². The maximum atomic E-state index is 13.0. The zero-order valence-electron chi connectivity index (χ0n) is 11.8. The molecule has 116 valence electrons. The molecule has 0 N–H and O–H groups in total. The van der Waals surface area contributed by atoms with Crippen LogP contribution in [-0.4, -0.2) is 25.3 Å². The lowest BCUT2D eigenvalue weighted by molar-refractivity contribution is 0.202. The molecule has 0 aromatic heterocycles. The van der Waals surface area contributed by atoms with Crippen LogP contribution in [0, 0.1) is 5.92 Å². The third-order valence-corrected chi connectivity index (χ3v) is 7.39. The van der Waals surface area contributed by atoms with E-state index in [1.165, 1.54) is 0 Å². The van der Waals surface area contributed by atoms with Gasteiger partial charge >= 0.3 is 0 Å². The Labute approximate surface area is 136 Å². The summed E-state index contributed by atoms with van der Waals surface area (Å²) in [5.41, 5.74) is 0.777. The van der Waals surface area contributed by atoms with Crippen LogP contribution in [0.5, 0.6) is 0 Å². The molecule has 1 aromatic rings. The smallest absolute Gasteiger partial charge is 0.207 e. The Hall–Kier alpha value is -0.290. The van der Waals surface area contributed by atoms with Crippen LogP contribution in [-0.2, 0) is 15.9 Å². The van der Waals surface area contributed by atoms with Gasteiger partial charge in [0.25, 0.3) is 0 Å². The molecule has 3 nitrogen and oxygen atoms in total. The Morgan fingerprint density at radius 3 is 2.71 bits per heavy atom. The maximum Gasteiger partial charge on any atom is 0.244 e. The van der Waals surface area contributed by atoms with E-state index in [1.807, 2.05) is 0 Å². The van der Waals surface area contributed by atoms with Crippen LogP contribution in [0.2, 0.25) is 5.02 Å². The predicted octanol–water partition coefficient (Wildman–Crippen LogP) is 4.03. The molecule has 1 saturated heterocycles. The third-order valence-electron chi connectivity index (χ3n) is 4.68. The Morgan fingerprint density at radius 1 is 1.19 bits per heavy atom. The Morgan fingerprint density at radius 2 is 1.95 bits per heavy atom. The van der Waals surface area contributed by atoms with E-state index in [0.29, 0.717) is 12.5 Å². The van der Waals surface area contributed by atoms with Gasteiger partial charge in [0.05, 0.1) is 5.02 Å². The summed E-state index contributed by atoms with van der Waals surface area (Å²) in [4.78, 5) is 0.204. The second kappa shape index (κ2) is 6.07. The van der Waals surface area contributed by atoms with Gasteiger partial charge in [-0.05, 0) is 49.3 Å². The van der Waals surface area contributed by atoms with Crippen LogP contribution in [0.15, 0.2) is 23.1 Å². The topological polar surface area (TPSA) is 37.4 Å². The SMILES string of the molecule is O=S(=O)(c1cc(CCl)ccc1Cl)N1CCCC2CCCC21. The second-order valence-corrected chi connectivity index (χ2v) is 8.45. The fraction of sp³-hybridized carbons (Fsp3) is 0.600. The predicted molar refractivity (Wildman–Crippen MR) is 85.3 cm³/mol. The van der Waals surface area contributed by atoms with Crippen LogP contribution >= 0.6 is 23.2 Å². The number of benzene rings is 1. The average molecular weight is 348 g/mol. The molecule has 1 aromatic carbocycles. The molecule has 1 aliphatic carbocycles. The van der Waals surface area contributed by atoms with E-state index < -0.39 is 10.0 Å². The van der Waals surface area contributed by atoms with Gasteiger partial charge in [-0.25, -0.2) is 8.42 Å². The first-order valence-corrected chi connectivity index (χ1v) is 9.75. The third kappa shape index (κ3) is 2.83. The number of fused-ring (bicyclic) bond motifs is 1. The largest absolute Gasteiger partial charge is 0.244 e. The monoisotopic (exact) mass is 347 g/mol. The van der Waals surface area contributed by atoms with Gasteiger partial charge in [-0.1, -0.05) is 24.1 Å². The fourth-order valence-corrected chi connectivity index (χ4v) is 6.11. The number of hydrogen-bond donors (Lipinski definition) is 0. The highest BCUT2D eigenvalue weighted by Crippen LogP contribution is 2.40. The summed E-state index contributed by atoms with van der Waals surface area (Å²) in [5.74, 6) is 0.801. The first-order chi connectivity index (χ1) is 10.0. The summed E-state index contributed by atoms with van der Waals surface area (Å²) in [5, 5.41) is 0.281. The van der Waals surface area contributed by atoms with E-state index in [1.54, 1.807) is 22.5 Å². The van der Waals surface area contributed by atoms with Gasteiger partial charge in [-0.15, -0.1) is 11.6 Å². The van der Waals surface area contributed by atoms with Gasteiger partial charge in [-0.2, -0.15) is 4.31 Å². The first kappa shape index (κ1) is 15.6. The van der Waals surface area contributed by atoms with Crippen molar-refractivity contribution in [1.29, 1.82) is 0 Å². The Bertz CT molecular complexity index is 633. The molecule has 1 heterocycles. The van der Waals surface area contributed by atoms with E-state index in [-0.39, 0.29) is 21.8 Å². The lowest BCUT2D eigenvalue weighted by atomic mass is 9.94. The van der Waals surface area contributed by atoms with Crippen molar-refractivity contribution in [2.45, 2.75) is 48.9 Å². The maximum absolute atomic E-state index is 13.0. The zero-order chi connectivity index (χ0) is 15.0. The molecular formula is C15H19Cl2NO2S. The molecule has 1 aliphatic heterocycles. The molecule has 21 heavy (non-hydrogen) atoms. The van der Waals surface area contributed by atoms with Crippen molar-refractivity contribution in [3.05, 3.63) is 28.8 Å². The number of alkyl halides is 1. The highest BCUT2D eigenvalue weighted by molar-refractivity contribution is 7.89. The van der Waals surface area contributed by atoms with Crippen molar-refractivity contribution in [1.82, 2.24) is 4.31 Å². The molecule has 6 heteroatoms. The summed E-state index contributed by atoms with van der Waals surface area (Å²) < 4.78 is 27.7. The summed E-state index contributed by atoms with van der Waals surface area (Å²) in [6, 6.07) is 5.16. The normalized spacial score (nSPS) is 26.8. The van der Waals surface area contributed by atoms with Crippen molar-refractivity contribution in [3.63, 3.8) is 0 Å². The molecule has 2 atom stereocenters. The molecule has 0 bridgehead atoms. The van der Waals surface area contributed by atoms with Gasteiger partial charge in [0.2, 0.25) is 10.0 Å². The lowest BCUT2D eigenvalue weighted by Crippen LogP contribution is -2.46. The van der Waals surface area contributed by atoms with Crippen molar-refractivity contribution >= 4 is 33.2 Å². The first-order valence-electron chi connectivity index (χ1n) is 7.40. The molecule has 0 spiro atoms. The van der Waals surface area contributed by atoms with Crippen LogP contribution < -0.4 is 0 Å². The fourth-order valence-electron chi connectivity index (χ4n) is 3.66. The van der Waals surface area contributed by atoms with Crippen molar-refractivity contribution < 1.29 is 8.42 Å². The number of halogens is 2. The highest BCUT2D eigenvalue weighted by Gasteiger charge is 2.41. The van der Waals surface area contributed by atoms with Gasteiger partial charge in [0.1, 0.15) is 4.90 Å². The van der Waals surface area contributed by atoms with E-state index >= 15 is 0 Å². The van der Waals surface area contributed by atoms with Crippen molar-refractivity contribution in [2.75, 3.05) is 6.54 Å². The van der Waals surface area contributed by atoms with Crippen molar-refractivity contribution in [2.24, 2.45) is 5.92 Å². The standard InChI is InChI=1S/C15H19Cl2NO2S/c16-10-11-6-7-13(17)15(9-11)21(19,20)18-8-2-4-12-3-1-5-14(12)18/h6-7,9,12,14H,1-5,8,10H2. The average Bonchev–Trinajstić information content (AvgIpc) is 2.95. The Balaban J connectivity index is 2.00. The van der Waals surface area contributed by atoms with Crippen molar-refractivity contribution in [3.8, 4) is 0 Å². The van der Waals surface area contributed by atoms with Crippen LogP contribution in [0.25, 0.3) is 0 Å². The van der Waals surface area contributed by atoms with Gasteiger partial charge in [0, 0.05) is 18.5 Å². The van der Waals surface area contributed by atoms with E-state index in [2.05, 4.69) is 0 Å². The minimum Gasteiger partial charge on any atom is -0.207 e.